The number of sulfonamides is 1. The number of hydrogen-bond acceptors (Lipinski definition) is 4. The highest BCUT2D eigenvalue weighted by Crippen LogP contribution is 2.18. The third-order valence-electron chi connectivity index (χ3n) is 3.94. The van der Waals surface area contributed by atoms with Crippen molar-refractivity contribution < 1.29 is 17.9 Å². The van der Waals surface area contributed by atoms with Crippen molar-refractivity contribution >= 4 is 21.6 Å². The summed E-state index contributed by atoms with van der Waals surface area (Å²) in [5.41, 5.74) is 1.62. The molecule has 0 unspecified atom stereocenters. The zero-order valence-corrected chi connectivity index (χ0v) is 15.8. The summed E-state index contributed by atoms with van der Waals surface area (Å²) >= 11 is 0. The molecule has 0 saturated carbocycles. The molecule has 2 aromatic rings. The molecule has 0 spiro atoms. The zero-order valence-electron chi connectivity index (χ0n) is 15.0. The number of amides is 1. The second kappa shape index (κ2) is 9.35. The van der Waals surface area contributed by atoms with Crippen LogP contribution in [0.2, 0.25) is 0 Å². The van der Waals surface area contributed by atoms with Crippen LogP contribution in [-0.2, 0) is 21.2 Å². The van der Waals surface area contributed by atoms with E-state index in [1.807, 2.05) is 42.5 Å². The van der Waals surface area contributed by atoms with Crippen molar-refractivity contribution in [2.45, 2.75) is 12.8 Å². The highest BCUT2D eigenvalue weighted by Gasteiger charge is 2.18. The summed E-state index contributed by atoms with van der Waals surface area (Å²) in [7, 11) is -1.83. The highest BCUT2D eigenvalue weighted by atomic mass is 32.2. The summed E-state index contributed by atoms with van der Waals surface area (Å²) in [6.07, 6.45) is 1.76. The highest BCUT2D eigenvalue weighted by molar-refractivity contribution is 7.88. The van der Waals surface area contributed by atoms with Gasteiger partial charge in [-0.2, -0.15) is 0 Å². The second-order valence-electron chi connectivity index (χ2n) is 5.89. The van der Waals surface area contributed by atoms with E-state index in [2.05, 4.69) is 5.32 Å². The molecule has 0 radical (unpaired) electrons. The lowest BCUT2D eigenvalue weighted by Gasteiger charge is -2.20. The SMILES string of the molecule is COc1ccccc1CCN(CCC(=O)Nc1ccccc1)S(C)(=O)=O. The van der Waals surface area contributed by atoms with Crippen LogP contribution in [0.1, 0.15) is 12.0 Å². The molecule has 0 bridgehead atoms. The second-order valence-corrected chi connectivity index (χ2v) is 7.87. The fraction of sp³-hybridized carbons (Fsp3) is 0.316. The molecule has 0 fully saturated rings. The number of carbonyl (C=O) groups is 1. The number of anilines is 1. The topological polar surface area (TPSA) is 75.7 Å². The lowest BCUT2D eigenvalue weighted by Crippen LogP contribution is -2.34. The van der Waals surface area contributed by atoms with Gasteiger partial charge in [0, 0.05) is 25.2 Å². The zero-order chi connectivity index (χ0) is 19.0. The summed E-state index contributed by atoms with van der Waals surface area (Å²) < 4.78 is 30.7. The summed E-state index contributed by atoms with van der Waals surface area (Å²) in [6.45, 7) is 0.421. The maximum Gasteiger partial charge on any atom is 0.225 e. The number of para-hydroxylation sites is 2. The molecule has 1 N–H and O–H groups in total. The van der Waals surface area contributed by atoms with Gasteiger partial charge in [-0.15, -0.1) is 0 Å². The quantitative estimate of drug-likeness (QED) is 0.730. The van der Waals surface area contributed by atoms with Crippen LogP contribution in [0.4, 0.5) is 5.69 Å². The Bertz CT molecular complexity index is 822. The lowest BCUT2D eigenvalue weighted by molar-refractivity contribution is -0.116. The average molecular weight is 376 g/mol. The van der Waals surface area contributed by atoms with Gasteiger partial charge < -0.3 is 10.1 Å². The van der Waals surface area contributed by atoms with E-state index in [9.17, 15) is 13.2 Å². The first-order valence-corrected chi connectivity index (χ1v) is 10.2. The molecule has 2 rings (SSSR count). The first-order valence-electron chi connectivity index (χ1n) is 8.32. The maximum atomic E-state index is 12.1. The van der Waals surface area contributed by atoms with E-state index in [4.69, 9.17) is 4.74 Å². The van der Waals surface area contributed by atoms with E-state index >= 15 is 0 Å². The Morgan fingerprint density at radius 1 is 1.04 bits per heavy atom. The minimum absolute atomic E-state index is 0.0912. The van der Waals surface area contributed by atoms with Gasteiger partial charge in [-0.25, -0.2) is 12.7 Å². The van der Waals surface area contributed by atoms with Crippen LogP contribution in [0, 0.1) is 0 Å². The number of carbonyl (C=O) groups excluding carboxylic acids is 1. The third-order valence-corrected chi connectivity index (χ3v) is 5.24. The van der Waals surface area contributed by atoms with Gasteiger partial charge >= 0.3 is 0 Å². The fourth-order valence-electron chi connectivity index (χ4n) is 2.57. The normalized spacial score (nSPS) is 11.3. The molecule has 140 valence electrons. The Balaban J connectivity index is 1.94. The first kappa shape index (κ1) is 19.9. The van der Waals surface area contributed by atoms with Crippen LogP contribution >= 0.6 is 0 Å². The van der Waals surface area contributed by atoms with E-state index in [-0.39, 0.29) is 25.4 Å². The number of benzene rings is 2. The molecule has 0 heterocycles. The number of rotatable bonds is 9. The van der Waals surface area contributed by atoms with Gasteiger partial charge in [0.25, 0.3) is 0 Å². The fourth-order valence-corrected chi connectivity index (χ4v) is 3.42. The van der Waals surface area contributed by atoms with Crippen molar-refractivity contribution in [1.29, 1.82) is 0 Å². The smallest absolute Gasteiger partial charge is 0.225 e. The summed E-state index contributed by atoms with van der Waals surface area (Å²) in [5.74, 6) is 0.505. The minimum atomic E-state index is -3.41. The van der Waals surface area contributed by atoms with Crippen LogP contribution in [0.25, 0.3) is 0 Å². The Labute approximate surface area is 154 Å². The van der Waals surface area contributed by atoms with Gasteiger partial charge in [0.1, 0.15) is 5.75 Å². The van der Waals surface area contributed by atoms with E-state index in [0.29, 0.717) is 12.1 Å². The van der Waals surface area contributed by atoms with E-state index < -0.39 is 10.0 Å². The number of hydrogen-bond donors (Lipinski definition) is 1. The van der Waals surface area contributed by atoms with Crippen LogP contribution < -0.4 is 10.1 Å². The van der Waals surface area contributed by atoms with E-state index in [0.717, 1.165) is 17.6 Å². The maximum absolute atomic E-state index is 12.1. The van der Waals surface area contributed by atoms with Crippen molar-refractivity contribution in [1.82, 2.24) is 4.31 Å². The summed E-state index contributed by atoms with van der Waals surface area (Å²) in [4.78, 5) is 12.1. The third kappa shape index (κ3) is 6.16. The van der Waals surface area contributed by atoms with Gasteiger partial charge in [-0.1, -0.05) is 36.4 Å². The lowest BCUT2D eigenvalue weighted by atomic mass is 10.1. The molecular weight excluding hydrogens is 352 g/mol. The molecule has 6 nitrogen and oxygen atoms in total. The predicted molar refractivity (Wildman–Crippen MR) is 103 cm³/mol. The standard InChI is InChI=1S/C19H24N2O4S/c1-25-18-11-7-6-8-16(18)12-14-21(26(2,23)24)15-13-19(22)20-17-9-4-3-5-10-17/h3-11H,12-15H2,1-2H3,(H,20,22). The number of nitrogens with zero attached hydrogens (tertiary/aromatic N) is 1. The number of methoxy groups -OCH3 is 1. The molecule has 0 aliphatic heterocycles. The Morgan fingerprint density at radius 3 is 2.35 bits per heavy atom. The van der Waals surface area contributed by atoms with Crippen LogP contribution in [0.3, 0.4) is 0 Å². The molecule has 2 aromatic carbocycles. The molecule has 1 amide bonds. The molecular formula is C19H24N2O4S. The van der Waals surface area contributed by atoms with Crippen molar-refractivity contribution in [3.05, 3.63) is 60.2 Å². The number of nitrogens with one attached hydrogen (secondary N) is 1. The first-order chi connectivity index (χ1) is 12.4. The molecule has 0 aromatic heterocycles. The van der Waals surface area contributed by atoms with Gasteiger partial charge in [0.05, 0.1) is 13.4 Å². The van der Waals surface area contributed by atoms with E-state index in [1.54, 1.807) is 19.2 Å². The largest absolute Gasteiger partial charge is 0.496 e. The van der Waals surface area contributed by atoms with Gasteiger partial charge in [0.15, 0.2) is 0 Å². The molecule has 26 heavy (non-hydrogen) atoms. The number of ether oxygens (including phenoxy) is 1. The van der Waals surface area contributed by atoms with E-state index in [1.165, 1.54) is 4.31 Å². The van der Waals surface area contributed by atoms with Crippen LogP contribution in [-0.4, -0.2) is 45.1 Å². The molecule has 7 heteroatoms. The van der Waals surface area contributed by atoms with Gasteiger partial charge in [-0.3, -0.25) is 4.79 Å². The van der Waals surface area contributed by atoms with Crippen molar-refractivity contribution in [3.63, 3.8) is 0 Å². The minimum Gasteiger partial charge on any atom is -0.496 e. The average Bonchev–Trinajstić information content (AvgIpc) is 2.61. The Morgan fingerprint density at radius 2 is 1.69 bits per heavy atom. The van der Waals surface area contributed by atoms with Crippen LogP contribution in [0.5, 0.6) is 5.75 Å². The van der Waals surface area contributed by atoms with Crippen LogP contribution in [0.15, 0.2) is 54.6 Å². The summed E-state index contributed by atoms with van der Waals surface area (Å²) in [6, 6.07) is 16.6. The summed E-state index contributed by atoms with van der Waals surface area (Å²) in [5, 5.41) is 2.76. The monoisotopic (exact) mass is 376 g/mol. The molecule has 0 aliphatic rings. The van der Waals surface area contributed by atoms with Gasteiger partial charge in [-0.05, 0) is 30.2 Å². The Hall–Kier alpha value is -2.38. The van der Waals surface area contributed by atoms with Crippen molar-refractivity contribution in [2.75, 3.05) is 31.8 Å². The molecule has 0 atom stereocenters. The van der Waals surface area contributed by atoms with Crippen molar-refractivity contribution in [2.24, 2.45) is 0 Å². The Kier molecular flexibility index (Phi) is 7.17. The van der Waals surface area contributed by atoms with Gasteiger partial charge in [0.2, 0.25) is 15.9 Å². The predicted octanol–water partition coefficient (Wildman–Crippen LogP) is 2.53. The molecule has 0 aliphatic carbocycles. The van der Waals surface area contributed by atoms with Crippen molar-refractivity contribution in [3.8, 4) is 5.75 Å². The molecule has 0 saturated heterocycles.